The standard InChI is InChI=1S/C20H17N3O2/c21-23(18-12-5-2-6-13-18)20(25)16-9-7-8-15(14-16)19(24)22-17-10-3-1-4-11-17/h1-14H,21H2,(H,22,24). The summed E-state index contributed by atoms with van der Waals surface area (Å²) in [6.07, 6.45) is 0. The SMILES string of the molecule is NN(C(=O)c1cccc(C(=O)Nc2ccccc2)c1)c1ccccc1. The number of nitrogens with two attached hydrogens (primary N) is 1. The molecule has 0 atom stereocenters. The van der Waals surface area contributed by atoms with E-state index in [4.69, 9.17) is 5.84 Å². The first kappa shape index (κ1) is 16.4. The summed E-state index contributed by atoms with van der Waals surface area (Å²) in [5, 5.41) is 3.85. The van der Waals surface area contributed by atoms with Gasteiger partial charge in [0.15, 0.2) is 0 Å². The van der Waals surface area contributed by atoms with Gasteiger partial charge in [-0.2, -0.15) is 0 Å². The molecular formula is C20H17N3O2. The van der Waals surface area contributed by atoms with E-state index in [0.717, 1.165) is 5.01 Å². The highest BCUT2D eigenvalue weighted by Crippen LogP contribution is 2.15. The molecule has 0 spiro atoms. The molecule has 0 saturated heterocycles. The number of nitrogens with zero attached hydrogens (tertiary/aromatic N) is 1. The van der Waals surface area contributed by atoms with E-state index in [1.54, 1.807) is 54.6 Å². The van der Waals surface area contributed by atoms with Crippen LogP contribution in [0.25, 0.3) is 0 Å². The lowest BCUT2D eigenvalue weighted by Crippen LogP contribution is -2.37. The number of anilines is 2. The van der Waals surface area contributed by atoms with Gasteiger partial charge in [-0.05, 0) is 42.5 Å². The van der Waals surface area contributed by atoms with Gasteiger partial charge in [-0.25, -0.2) is 10.9 Å². The largest absolute Gasteiger partial charge is 0.322 e. The van der Waals surface area contributed by atoms with Crippen molar-refractivity contribution in [3.05, 3.63) is 96.1 Å². The molecule has 5 nitrogen and oxygen atoms in total. The fourth-order valence-corrected chi connectivity index (χ4v) is 2.36. The molecule has 0 saturated carbocycles. The molecule has 0 fully saturated rings. The van der Waals surface area contributed by atoms with Crippen molar-refractivity contribution < 1.29 is 9.59 Å². The van der Waals surface area contributed by atoms with E-state index in [1.165, 1.54) is 6.07 Å². The molecule has 0 heterocycles. The smallest absolute Gasteiger partial charge is 0.272 e. The number of nitrogens with one attached hydrogen (secondary N) is 1. The Hall–Kier alpha value is -3.44. The van der Waals surface area contributed by atoms with Crippen molar-refractivity contribution in [3.8, 4) is 0 Å². The van der Waals surface area contributed by atoms with Gasteiger partial charge in [0, 0.05) is 16.8 Å². The summed E-state index contributed by atoms with van der Waals surface area (Å²) in [7, 11) is 0. The summed E-state index contributed by atoms with van der Waals surface area (Å²) < 4.78 is 0. The Morgan fingerprint density at radius 3 is 2.04 bits per heavy atom. The molecular weight excluding hydrogens is 314 g/mol. The molecule has 3 aromatic carbocycles. The van der Waals surface area contributed by atoms with Gasteiger partial charge in [0.05, 0.1) is 5.69 Å². The predicted octanol–water partition coefficient (Wildman–Crippen LogP) is 3.46. The van der Waals surface area contributed by atoms with Gasteiger partial charge in [0.2, 0.25) is 0 Å². The molecule has 0 aliphatic rings. The number of hydrogen-bond donors (Lipinski definition) is 2. The Morgan fingerprint density at radius 1 is 0.760 bits per heavy atom. The monoisotopic (exact) mass is 331 g/mol. The summed E-state index contributed by atoms with van der Waals surface area (Å²) in [4.78, 5) is 24.9. The van der Waals surface area contributed by atoms with Crippen molar-refractivity contribution in [1.82, 2.24) is 0 Å². The van der Waals surface area contributed by atoms with Crippen LogP contribution in [0.5, 0.6) is 0 Å². The van der Waals surface area contributed by atoms with Crippen molar-refractivity contribution in [2.45, 2.75) is 0 Å². The molecule has 2 amide bonds. The Balaban J connectivity index is 1.79. The number of rotatable bonds is 4. The van der Waals surface area contributed by atoms with E-state index in [2.05, 4.69) is 5.32 Å². The number of amides is 2. The molecule has 0 radical (unpaired) electrons. The Bertz CT molecular complexity index is 880. The molecule has 0 aromatic heterocycles. The van der Waals surface area contributed by atoms with Crippen LogP contribution in [0.3, 0.4) is 0 Å². The molecule has 0 unspecified atom stereocenters. The second kappa shape index (κ2) is 7.42. The Labute approximate surface area is 145 Å². The van der Waals surface area contributed by atoms with Crippen molar-refractivity contribution in [1.29, 1.82) is 0 Å². The minimum absolute atomic E-state index is 0.288. The second-order valence-electron chi connectivity index (χ2n) is 5.41. The van der Waals surface area contributed by atoms with Crippen LogP contribution in [-0.4, -0.2) is 11.8 Å². The van der Waals surface area contributed by atoms with E-state index >= 15 is 0 Å². The van der Waals surface area contributed by atoms with Crippen LogP contribution in [0, 0.1) is 0 Å². The summed E-state index contributed by atoms with van der Waals surface area (Å²) in [6, 6.07) is 24.5. The molecule has 0 aliphatic carbocycles. The van der Waals surface area contributed by atoms with Crippen LogP contribution in [0.2, 0.25) is 0 Å². The minimum Gasteiger partial charge on any atom is -0.322 e. The van der Waals surface area contributed by atoms with E-state index < -0.39 is 0 Å². The summed E-state index contributed by atoms with van der Waals surface area (Å²) in [5.41, 5.74) is 1.99. The van der Waals surface area contributed by atoms with Gasteiger partial charge in [-0.3, -0.25) is 9.59 Å². The number of hydrazine groups is 1. The lowest BCUT2D eigenvalue weighted by Gasteiger charge is -2.17. The third-order valence-corrected chi connectivity index (χ3v) is 3.66. The predicted molar refractivity (Wildman–Crippen MR) is 98.3 cm³/mol. The fraction of sp³-hybridized carbons (Fsp3) is 0. The highest BCUT2D eigenvalue weighted by molar-refractivity contribution is 6.09. The maximum atomic E-state index is 12.5. The first-order chi connectivity index (χ1) is 12.1. The maximum Gasteiger partial charge on any atom is 0.272 e. The van der Waals surface area contributed by atoms with Crippen molar-refractivity contribution >= 4 is 23.2 Å². The molecule has 0 aliphatic heterocycles. The second-order valence-corrected chi connectivity index (χ2v) is 5.41. The quantitative estimate of drug-likeness (QED) is 0.437. The van der Waals surface area contributed by atoms with E-state index in [9.17, 15) is 9.59 Å². The number of benzene rings is 3. The minimum atomic E-state index is -0.388. The van der Waals surface area contributed by atoms with E-state index in [1.807, 2.05) is 24.3 Å². The average molecular weight is 331 g/mol. The third-order valence-electron chi connectivity index (χ3n) is 3.66. The highest BCUT2D eigenvalue weighted by atomic mass is 16.2. The van der Waals surface area contributed by atoms with E-state index in [-0.39, 0.29) is 11.8 Å². The maximum absolute atomic E-state index is 12.5. The van der Waals surface area contributed by atoms with Crippen molar-refractivity contribution in [3.63, 3.8) is 0 Å². The van der Waals surface area contributed by atoms with Crippen LogP contribution < -0.4 is 16.2 Å². The van der Waals surface area contributed by atoms with Gasteiger partial charge in [-0.1, -0.05) is 42.5 Å². The van der Waals surface area contributed by atoms with E-state index in [0.29, 0.717) is 22.5 Å². The highest BCUT2D eigenvalue weighted by Gasteiger charge is 2.16. The number of para-hydroxylation sites is 2. The van der Waals surface area contributed by atoms with Gasteiger partial charge in [0.1, 0.15) is 0 Å². The molecule has 3 aromatic rings. The molecule has 124 valence electrons. The first-order valence-corrected chi connectivity index (χ1v) is 7.76. The number of hydrogen-bond acceptors (Lipinski definition) is 3. The topological polar surface area (TPSA) is 75.4 Å². The fourth-order valence-electron chi connectivity index (χ4n) is 2.36. The summed E-state index contributed by atoms with van der Waals surface area (Å²) >= 11 is 0. The van der Waals surface area contributed by atoms with Crippen molar-refractivity contribution in [2.24, 2.45) is 5.84 Å². The normalized spacial score (nSPS) is 10.1. The van der Waals surface area contributed by atoms with Crippen LogP contribution in [0.4, 0.5) is 11.4 Å². The van der Waals surface area contributed by atoms with Crippen LogP contribution >= 0.6 is 0 Å². The lowest BCUT2D eigenvalue weighted by molar-refractivity contribution is 0.0987. The number of carbonyl (C=O) groups is 2. The van der Waals surface area contributed by atoms with Crippen LogP contribution in [0.1, 0.15) is 20.7 Å². The molecule has 5 heteroatoms. The van der Waals surface area contributed by atoms with Gasteiger partial charge >= 0.3 is 0 Å². The Kier molecular flexibility index (Phi) is 4.87. The zero-order valence-electron chi connectivity index (χ0n) is 13.4. The molecule has 0 bridgehead atoms. The zero-order valence-corrected chi connectivity index (χ0v) is 13.4. The van der Waals surface area contributed by atoms with Gasteiger partial charge in [0.25, 0.3) is 11.8 Å². The van der Waals surface area contributed by atoms with Crippen LogP contribution in [0.15, 0.2) is 84.9 Å². The molecule has 25 heavy (non-hydrogen) atoms. The third kappa shape index (κ3) is 3.91. The number of carbonyl (C=O) groups excluding carboxylic acids is 2. The summed E-state index contributed by atoms with van der Waals surface area (Å²) in [5.74, 6) is 5.23. The van der Waals surface area contributed by atoms with Gasteiger partial charge in [-0.15, -0.1) is 0 Å². The van der Waals surface area contributed by atoms with Crippen molar-refractivity contribution in [2.75, 3.05) is 10.3 Å². The Morgan fingerprint density at radius 2 is 1.36 bits per heavy atom. The molecule has 3 N–H and O–H groups in total. The average Bonchev–Trinajstić information content (AvgIpc) is 2.68. The summed E-state index contributed by atoms with van der Waals surface area (Å²) in [6.45, 7) is 0. The van der Waals surface area contributed by atoms with Gasteiger partial charge < -0.3 is 5.32 Å². The lowest BCUT2D eigenvalue weighted by atomic mass is 10.1. The first-order valence-electron chi connectivity index (χ1n) is 7.76. The zero-order chi connectivity index (χ0) is 17.6. The molecule has 3 rings (SSSR count). The van der Waals surface area contributed by atoms with Crippen LogP contribution in [-0.2, 0) is 0 Å².